The Morgan fingerprint density at radius 3 is 2.07 bits per heavy atom. The van der Waals surface area contributed by atoms with Gasteiger partial charge in [-0.3, -0.25) is 9.69 Å². The second-order valence-electron chi connectivity index (χ2n) is 7.30. The molecule has 0 saturated carbocycles. The van der Waals surface area contributed by atoms with Crippen LogP contribution in [0.1, 0.15) is 61.8 Å². The molecule has 0 fully saturated rings. The zero-order valence-electron chi connectivity index (χ0n) is 16.8. The third-order valence-corrected chi connectivity index (χ3v) is 4.91. The zero-order valence-corrected chi connectivity index (χ0v) is 16.8. The van der Waals surface area contributed by atoms with Gasteiger partial charge in [-0.2, -0.15) is 0 Å². The lowest BCUT2D eigenvalue weighted by Gasteiger charge is -2.22. The van der Waals surface area contributed by atoms with Gasteiger partial charge in [0.25, 0.3) is 0 Å². The molecule has 0 bridgehead atoms. The molecule has 2 rings (SSSR count). The predicted molar refractivity (Wildman–Crippen MR) is 112 cm³/mol. The molecule has 0 spiro atoms. The first-order valence-corrected chi connectivity index (χ1v) is 10.2. The monoisotopic (exact) mass is 367 g/mol. The van der Waals surface area contributed by atoms with Crippen LogP contribution in [0.25, 0.3) is 0 Å². The van der Waals surface area contributed by atoms with E-state index in [-0.39, 0.29) is 6.42 Å². The minimum atomic E-state index is -0.740. The molecule has 0 heterocycles. The summed E-state index contributed by atoms with van der Waals surface area (Å²) in [5.41, 5.74) is 5.22. The van der Waals surface area contributed by atoms with Crippen LogP contribution in [0.3, 0.4) is 0 Å². The van der Waals surface area contributed by atoms with E-state index in [1.807, 2.05) is 0 Å². The lowest BCUT2D eigenvalue weighted by Crippen LogP contribution is -2.25. The van der Waals surface area contributed by atoms with Crippen molar-refractivity contribution in [1.82, 2.24) is 4.90 Å². The van der Waals surface area contributed by atoms with E-state index in [2.05, 4.69) is 67.3 Å². The highest BCUT2D eigenvalue weighted by atomic mass is 16.4. The van der Waals surface area contributed by atoms with Crippen LogP contribution in [0.2, 0.25) is 0 Å². The maximum absolute atomic E-state index is 11.1. The number of nitrogens with zero attached hydrogens (tertiary/aromatic N) is 1. The first kappa shape index (κ1) is 21.2. The summed E-state index contributed by atoms with van der Waals surface area (Å²) in [5.74, 6) is -0.740. The number of carbonyl (C=O) groups is 1. The highest BCUT2D eigenvalue weighted by Gasteiger charge is 2.10. The Kier molecular flexibility index (Phi) is 9.06. The molecule has 3 nitrogen and oxygen atoms in total. The van der Waals surface area contributed by atoms with Crippen LogP contribution in [0, 0.1) is 0 Å². The summed E-state index contributed by atoms with van der Waals surface area (Å²) in [7, 11) is 0. The van der Waals surface area contributed by atoms with Gasteiger partial charge in [0, 0.05) is 19.6 Å². The van der Waals surface area contributed by atoms with Crippen molar-refractivity contribution < 1.29 is 9.90 Å². The summed E-state index contributed by atoms with van der Waals surface area (Å²) in [4.78, 5) is 13.3. The van der Waals surface area contributed by atoms with Gasteiger partial charge >= 0.3 is 5.97 Å². The molecule has 146 valence electrons. The van der Waals surface area contributed by atoms with Crippen molar-refractivity contribution >= 4 is 5.97 Å². The third-order valence-electron chi connectivity index (χ3n) is 4.91. The quantitative estimate of drug-likeness (QED) is 0.507. The van der Waals surface area contributed by atoms with Gasteiger partial charge in [0.05, 0.1) is 6.42 Å². The molecule has 0 aliphatic heterocycles. The normalized spacial score (nSPS) is 11.1. The Morgan fingerprint density at radius 1 is 0.889 bits per heavy atom. The van der Waals surface area contributed by atoms with Gasteiger partial charge in [-0.1, -0.05) is 75.2 Å². The van der Waals surface area contributed by atoms with Crippen molar-refractivity contribution in [3.8, 4) is 0 Å². The van der Waals surface area contributed by atoms with E-state index in [1.165, 1.54) is 41.5 Å². The molecule has 2 aromatic rings. The van der Waals surface area contributed by atoms with Crippen molar-refractivity contribution in [3.63, 3.8) is 0 Å². The summed E-state index contributed by atoms with van der Waals surface area (Å²) in [5, 5.41) is 9.11. The Labute approximate surface area is 164 Å². The van der Waals surface area contributed by atoms with Crippen LogP contribution in [0.15, 0.2) is 48.5 Å². The number of rotatable bonds is 12. The molecular formula is C24H33NO2. The standard InChI is InChI=1S/C24H33NO2/c1-3-5-6-9-21-11-8-13-23(17-21)19-25(15-14-24(26)27)18-22-12-7-10-20(4-2)16-22/h7-8,10-13,16-17H,3-6,9,14-15,18-19H2,1-2H3,(H,26,27). The number of unbranched alkanes of at least 4 members (excludes halogenated alkanes) is 2. The summed E-state index contributed by atoms with van der Waals surface area (Å²) in [6.07, 6.45) is 6.04. The minimum absolute atomic E-state index is 0.170. The van der Waals surface area contributed by atoms with Crippen LogP contribution >= 0.6 is 0 Å². The second kappa shape index (κ2) is 11.6. The first-order chi connectivity index (χ1) is 13.1. The fraction of sp³-hybridized carbons (Fsp3) is 0.458. The van der Waals surface area contributed by atoms with Gasteiger partial charge in [0.2, 0.25) is 0 Å². The van der Waals surface area contributed by atoms with E-state index >= 15 is 0 Å². The van der Waals surface area contributed by atoms with Crippen molar-refractivity contribution in [1.29, 1.82) is 0 Å². The molecule has 0 saturated heterocycles. The third kappa shape index (κ3) is 7.96. The number of carboxylic acids is 1. The fourth-order valence-electron chi connectivity index (χ4n) is 3.39. The van der Waals surface area contributed by atoms with Crippen LogP contribution in [0.4, 0.5) is 0 Å². The maximum atomic E-state index is 11.1. The van der Waals surface area contributed by atoms with Gasteiger partial charge in [-0.05, 0) is 41.5 Å². The Morgan fingerprint density at radius 2 is 1.48 bits per heavy atom. The summed E-state index contributed by atoms with van der Waals surface area (Å²) in [6.45, 7) is 6.51. The molecule has 0 unspecified atom stereocenters. The Balaban J connectivity index is 2.06. The first-order valence-electron chi connectivity index (χ1n) is 10.2. The Hall–Kier alpha value is -2.13. The van der Waals surface area contributed by atoms with E-state index < -0.39 is 5.97 Å². The molecule has 2 aromatic carbocycles. The van der Waals surface area contributed by atoms with Crippen LogP contribution in [-0.2, 0) is 30.7 Å². The smallest absolute Gasteiger partial charge is 0.304 e. The SMILES string of the molecule is CCCCCc1cccc(CN(CCC(=O)O)Cc2cccc(CC)c2)c1. The van der Waals surface area contributed by atoms with E-state index in [4.69, 9.17) is 5.11 Å². The van der Waals surface area contributed by atoms with Gasteiger partial charge in [-0.15, -0.1) is 0 Å². The minimum Gasteiger partial charge on any atom is -0.481 e. The Bertz CT molecular complexity index is 711. The van der Waals surface area contributed by atoms with Crippen LogP contribution in [-0.4, -0.2) is 22.5 Å². The number of benzene rings is 2. The predicted octanol–water partition coefficient (Wildman–Crippen LogP) is 5.46. The lowest BCUT2D eigenvalue weighted by molar-refractivity contribution is -0.137. The van der Waals surface area contributed by atoms with E-state index in [0.29, 0.717) is 6.54 Å². The molecule has 0 atom stereocenters. The molecule has 1 N–H and O–H groups in total. The molecule has 0 aliphatic carbocycles. The van der Waals surface area contributed by atoms with Gasteiger partial charge in [-0.25, -0.2) is 0 Å². The molecule has 0 radical (unpaired) electrons. The molecule has 0 aromatic heterocycles. The van der Waals surface area contributed by atoms with E-state index in [1.54, 1.807) is 0 Å². The van der Waals surface area contributed by atoms with E-state index in [9.17, 15) is 4.79 Å². The van der Waals surface area contributed by atoms with Crippen molar-refractivity contribution in [2.75, 3.05) is 6.54 Å². The summed E-state index contributed by atoms with van der Waals surface area (Å²) >= 11 is 0. The van der Waals surface area contributed by atoms with Crippen molar-refractivity contribution in [3.05, 3.63) is 70.8 Å². The van der Waals surface area contributed by atoms with Gasteiger partial charge in [0.1, 0.15) is 0 Å². The maximum Gasteiger partial charge on any atom is 0.304 e. The largest absolute Gasteiger partial charge is 0.481 e. The summed E-state index contributed by atoms with van der Waals surface area (Å²) < 4.78 is 0. The highest BCUT2D eigenvalue weighted by Crippen LogP contribution is 2.15. The highest BCUT2D eigenvalue weighted by molar-refractivity contribution is 5.66. The number of aryl methyl sites for hydroxylation is 2. The van der Waals surface area contributed by atoms with E-state index in [0.717, 1.165) is 25.9 Å². The van der Waals surface area contributed by atoms with Gasteiger partial charge < -0.3 is 5.11 Å². The number of hydrogen-bond donors (Lipinski definition) is 1. The molecule has 3 heteroatoms. The van der Waals surface area contributed by atoms with Crippen LogP contribution < -0.4 is 0 Å². The van der Waals surface area contributed by atoms with Crippen LogP contribution in [0.5, 0.6) is 0 Å². The number of aliphatic carboxylic acids is 1. The average Bonchev–Trinajstić information content (AvgIpc) is 2.67. The zero-order chi connectivity index (χ0) is 19.5. The lowest BCUT2D eigenvalue weighted by atomic mass is 10.0. The van der Waals surface area contributed by atoms with Crippen molar-refractivity contribution in [2.45, 2.75) is 65.5 Å². The number of hydrogen-bond acceptors (Lipinski definition) is 2. The molecule has 27 heavy (non-hydrogen) atoms. The molecular weight excluding hydrogens is 334 g/mol. The van der Waals surface area contributed by atoms with Crippen molar-refractivity contribution in [2.24, 2.45) is 0 Å². The number of carboxylic acid groups (broad SMARTS) is 1. The molecule has 0 amide bonds. The fourth-order valence-corrected chi connectivity index (χ4v) is 3.39. The summed E-state index contributed by atoms with van der Waals surface area (Å²) in [6, 6.07) is 17.4. The average molecular weight is 368 g/mol. The van der Waals surface area contributed by atoms with Gasteiger partial charge in [0.15, 0.2) is 0 Å². The second-order valence-corrected chi connectivity index (χ2v) is 7.30. The topological polar surface area (TPSA) is 40.5 Å². The molecule has 0 aliphatic rings.